The van der Waals surface area contributed by atoms with E-state index in [1.807, 2.05) is 19.3 Å². The predicted octanol–water partition coefficient (Wildman–Crippen LogP) is 2.84. The SMILES string of the molecule is CNCCC=Cc1c[nH]c2nccc(Cl)c12. The molecule has 2 heterocycles. The maximum Gasteiger partial charge on any atom is 0.139 e. The molecule has 3 nitrogen and oxygen atoms in total. The molecular weight excluding hydrogens is 222 g/mol. The molecule has 0 aliphatic carbocycles. The molecule has 2 N–H and O–H groups in total. The molecule has 0 fully saturated rings. The van der Waals surface area contributed by atoms with Gasteiger partial charge < -0.3 is 10.3 Å². The molecular formula is C12H14ClN3. The average Bonchev–Trinajstić information content (AvgIpc) is 2.69. The largest absolute Gasteiger partial charge is 0.345 e. The first-order chi connectivity index (χ1) is 7.83. The Balaban J connectivity index is 2.28. The van der Waals surface area contributed by atoms with Crippen LogP contribution in [0.4, 0.5) is 0 Å². The Morgan fingerprint density at radius 2 is 2.44 bits per heavy atom. The highest BCUT2D eigenvalue weighted by molar-refractivity contribution is 6.35. The quantitative estimate of drug-likeness (QED) is 0.801. The van der Waals surface area contributed by atoms with Gasteiger partial charge in [0.25, 0.3) is 0 Å². The van der Waals surface area contributed by atoms with Gasteiger partial charge in [-0.3, -0.25) is 0 Å². The van der Waals surface area contributed by atoms with Crippen LogP contribution in [-0.4, -0.2) is 23.6 Å². The molecule has 0 aromatic carbocycles. The lowest BCUT2D eigenvalue weighted by Crippen LogP contribution is -2.05. The number of hydrogen-bond donors (Lipinski definition) is 2. The van der Waals surface area contributed by atoms with Gasteiger partial charge in [-0.15, -0.1) is 0 Å². The van der Waals surface area contributed by atoms with Crippen molar-refractivity contribution in [3.05, 3.63) is 35.1 Å². The summed E-state index contributed by atoms with van der Waals surface area (Å²) in [5.74, 6) is 0. The van der Waals surface area contributed by atoms with E-state index in [0.29, 0.717) is 0 Å². The first-order valence-electron chi connectivity index (χ1n) is 5.25. The summed E-state index contributed by atoms with van der Waals surface area (Å²) in [7, 11) is 1.94. The van der Waals surface area contributed by atoms with Crippen LogP contribution in [0.15, 0.2) is 24.5 Å². The number of nitrogens with zero attached hydrogens (tertiary/aromatic N) is 1. The molecule has 0 atom stereocenters. The Morgan fingerprint density at radius 1 is 1.56 bits per heavy atom. The van der Waals surface area contributed by atoms with E-state index < -0.39 is 0 Å². The van der Waals surface area contributed by atoms with E-state index >= 15 is 0 Å². The summed E-state index contributed by atoms with van der Waals surface area (Å²) in [4.78, 5) is 7.33. The number of H-pyrrole nitrogens is 1. The van der Waals surface area contributed by atoms with E-state index in [4.69, 9.17) is 11.6 Å². The minimum atomic E-state index is 0.736. The van der Waals surface area contributed by atoms with Crippen LogP contribution < -0.4 is 5.32 Å². The number of rotatable bonds is 4. The lowest BCUT2D eigenvalue weighted by atomic mass is 10.2. The van der Waals surface area contributed by atoms with Crippen LogP contribution in [0.25, 0.3) is 17.1 Å². The zero-order valence-corrected chi connectivity index (χ0v) is 9.88. The van der Waals surface area contributed by atoms with Crippen LogP contribution in [0.5, 0.6) is 0 Å². The highest BCUT2D eigenvalue weighted by Crippen LogP contribution is 2.25. The Morgan fingerprint density at radius 3 is 3.25 bits per heavy atom. The highest BCUT2D eigenvalue weighted by Gasteiger charge is 2.05. The second-order valence-electron chi connectivity index (χ2n) is 3.55. The van der Waals surface area contributed by atoms with E-state index in [1.54, 1.807) is 6.20 Å². The van der Waals surface area contributed by atoms with E-state index in [0.717, 1.165) is 34.6 Å². The van der Waals surface area contributed by atoms with Crippen molar-refractivity contribution in [3.8, 4) is 0 Å². The van der Waals surface area contributed by atoms with Crippen molar-refractivity contribution in [1.29, 1.82) is 0 Å². The number of nitrogens with one attached hydrogen (secondary N) is 2. The van der Waals surface area contributed by atoms with Gasteiger partial charge in [-0.05, 0) is 26.1 Å². The first kappa shape index (κ1) is 11.2. The number of hydrogen-bond acceptors (Lipinski definition) is 2. The molecule has 0 aliphatic heterocycles. The van der Waals surface area contributed by atoms with Gasteiger partial charge >= 0.3 is 0 Å². The summed E-state index contributed by atoms with van der Waals surface area (Å²) in [6, 6.07) is 1.81. The number of aromatic nitrogens is 2. The summed E-state index contributed by atoms with van der Waals surface area (Å²) in [5, 5.41) is 4.83. The molecule has 0 saturated carbocycles. The summed E-state index contributed by atoms with van der Waals surface area (Å²) >= 11 is 6.14. The van der Waals surface area contributed by atoms with Crippen LogP contribution in [0.3, 0.4) is 0 Å². The van der Waals surface area contributed by atoms with Crippen molar-refractivity contribution in [2.45, 2.75) is 6.42 Å². The van der Waals surface area contributed by atoms with E-state index in [1.165, 1.54) is 0 Å². The molecule has 2 aromatic heterocycles. The van der Waals surface area contributed by atoms with Crippen molar-refractivity contribution in [1.82, 2.24) is 15.3 Å². The summed E-state index contributed by atoms with van der Waals surface area (Å²) in [6.45, 7) is 0.977. The Hall–Kier alpha value is -1.32. The van der Waals surface area contributed by atoms with Gasteiger partial charge in [0, 0.05) is 23.3 Å². The van der Waals surface area contributed by atoms with Crippen LogP contribution in [0.2, 0.25) is 5.02 Å². The van der Waals surface area contributed by atoms with Crippen LogP contribution >= 0.6 is 11.6 Å². The monoisotopic (exact) mass is 235 g/mol. The maximum atomic E-state index is 6.14. The van der Waals surface area contributed by atoms with Crippen molar-refractivity contribution < 1.29 is 0 Å². The third-order valence-corrected chi connectivity index (χ3v) is 2.73. The molecule has 0 bridgehead atoms. The average molecular weight is 236 g/mol. The topological polar surface area (TPSA) is 40.7 Å². The molecule has 0 saturated heterocycles. The van der Waals surface area contributed by atoms with Gasteiger partial charge in [0.1, 0.15) is 5.65 Å². The van der Waals surface area contributed by atoms with Gasteiger partial charge in [-0.25, -0.2) is 4.98 Å². The summed E-state index contributed by atoms with van der Waals surface area (Å²) < 4.78 is 0. The third-order valence-electron chi connectivity index (χ3n) is 2.41. The molecule has 0 aliphatic rings. The van der Waals surface area contributed by atoms with Gasteiger partial charge in [0.05, 0.1) is 5.02 Å². The fraction of sp³-hybridized carbons (Fsp3) is 0.250. The molecule has 4 heteroatoms. The lowest BCUT2D eigenvalue weighted by molar-refractivity contribution is 0.809. The van der Waals surface area contributed by atoms with E-state index in [-0.39, 0.29) is 0 Å². The van der Waals surface area contributed by atoms with Crippen molar-refractivity contribution >= 4 is 28.7 Å². The van der Waals surface area contributed by atoms with Crippen molar-refractivity contribution in [2.24, 2.45) is 0 Å². The molecule has 84 valence electrons. The second-order valence-corrected chi connectivity index (χ2v) is 3.96. The maximum absolute atomic E-state index is 6.14. The minimum Gasteiger partial charge on any atom is -0.345 e. The molecule has 0 unspecified atom stereocenters. The number of aromatic amines is 1. The lowest BCUT2D eigenvalue weighted by Gasteiger charge is -1.95. The van der Waals surface area contributed by atoms with Gasteiger partial charge in [0.2, 0.25) is 0 Å². The molecule has 2 rings (SSSR count). The molecule has 16 heavy (non-hydrogen) atoms. The molecule has 2 aromatic rings. The van der Waals surface area contributed by atoms with Gasteiger partial charge in [-0.1, -0.05) is 23.8 Å². The molecule has 0 amide bonds. The summed E-state index contributed by atoms with van der Waals surface area (Å²) in [6.07, 6.45) is 8.84. The summed E-state index contributed by atoms with van der Waals surface area (Å²) in [5.41, 5.74) is 1.92. The van der Waals surface area contributed by atoms with E-state index in [2.05, 4.69) is 27.4 Å². The standard InChI is InChI=1S/C12H14ClN3/c1-14-6-3-2-4-9-8-16-12-11(9)10(13)5-7-15-12/h2,4-5,7-8,14H,3,6H2,1H3,(H,15,16). The normalized spacial score (nSPS) is 11.6. The number of pyridine rings is 1. The second kappa shape index (κ2) is 5.14. The third kappa shape index (κ3) is 2.26. The molecule has 0 spiro atoms. The fourth-order valence-corrected chi connectivity index (χ4v) is 1.86. The zero-order chi connectivity index (χ0) is 11.4. The van der Waals surface area contributed by atoms with Crippen LogP contribution in [-0.2, 0) is 0 Å². The van der Waals surface area contributed by atoms with Gasteiger partial charge in [0.15, 0.2) is 0 Å². The zero-order valence-electron chi connectivity index (χ0n) is 9.13. The van der Waals surface area contributed by atoms with Crippen LogP contribution in [0, 0.1) is 0 Å². The van der Waals surface area contributed by atoms with Crippen molar-refractivity contribution in [3.63, 3.8) is 0 Å². The van der Waals surface area contributed by atoms with Crippen molar-refractivity contribution in [2.75, 3.05) is 13.6 Å². The first-order valence-corrected chi connectivity index (χ1v) is 5.63. The fourth-order valence-electron chi connectivity index (χ4n) is 1.61. The number of halogens is 1. The molecule has 0 radical (unpaired) electrons. The Labute approximate surface area is 99.5 Å². The minimum absolute atomic E-state index is 0.736. The Bertz CT molecular complexity index is 502. The predicted molar refractivity (Wildman–Crippen MR) is 68.7 cm³/mol. The highest BCUT2D eigenvalue weighted by atomic mass is 35.5. The van der Waals surface area contributed by atoms with Crippen LogP contribution in [0.1, 0.15) is 12.0 Å². The number of fused-ring (bicyclic) bond motifs is 1. The van der Waals surface area contributed by atoms with E-state index in [9.17, 15) is 0 Å². The van der Waals surface area contributed by atoms with Gasteiger partial charge in [-0.2, -0.15) is 0 Å². The Kier molecular flexibility index (Phi) is 3.59. The smallest absolute Gasteiger partial charge is 0.139 e.